The Hall–Kier alpha value is -3.01. The molecule has 1 aromatic carbocycles. The molecule has 3 heterocycles. The van der Waals surface area contributed by atoms with Crippen LogP contribution in [0.5, 0.6) is 0 Å². The summed E-state index contributed by atoms with van der Waals surface area (Å²) in [5.41, 5.74) is 1.08. The second kappa shape index (κ2) is 5.89. The third-order valence-corrected chi connectivity index (χ3v) is 3.82. The fraction of sp³-hybridized carbons (Fsp3) is 0.143. The van der Waals surface area contributed by atoms with Crippen molar-refractivity contribution in [1.82, 2.24) is 34.6 Å². The topological polar surface area (TPSA) is 104 Å². The molecule has 10 heteroatoms. The quantitative estimate of drug-likeness (QED) is 0.547. The van der Waals surface area contributed by atoms with Crippen LogP contribution in [0.4, 0.5) is 0 Å². The average molecular weight is 341 g/mol. The minimum Gasteiger partial charge on any atom is -0.414 e. The highest BCUT2D eigenvalue weighted by Crippen LogP contribution is 2.24. The Balaban J connectivity index is 1.79. The van der Waals surface area contributed by atoms with Gasteiger partial charge in [-0.15, -0.1) is 27.1 Å². The molecule has 9 nitrogen and oxygen atoms in total. The first-order valence-corrected chi connectivity index (χ1v) is 8.36. The molecule has 4 rings (SSSR count). The van der Waals surface area contributed by atoms with Gasteiger partial charge in [-0.2, -0.15) is 4.68 Å². The molecule has 0 aliphatic carbocycles. The van der Waals surface area contributed by atoms with Crippen molar-refractivity contribution in [3.63, 3.8) is 0 Å². The molecule has 0 radical (unpaired) electrons. The SMILES string of the molecule is CSCn1nnc2c(-c3nnc(-c4ccccc4)o3)ncn2c1=O. The molecule has 0 spiro atoms. The van der Waals surface area contributed by atoms with Crippen LogP contribution >= 0.6 is 11.8 Å². The molecule has 3 aromatic heterocycles. The maximum absolute atomic E-state index is 12.3. The Morgan fingerprint density at radius 1 is 1.12 bits per heavy atom. The summed E-state index contributed by atoms with van der Waals surface area (Å²) < 4.78 is 8.23. The normalized spacial score (nSPS) is 11.2. The number of aromatic nitrogens is 7. The molecule has 0 amide bonds. The molecule has 0 atom stereocenters. The molecule has 0 N–H and O–H groups in total. The molecular weight excluding hydrogens is 330 g/mol. The third kappa shape index (κ3) is 2.36. The Bertz CT molecular complexity index is 1050. The van der Waals surface area contributed by atoms with Crippen LogP contribution in [0.25, 0.3) is 28.7 Å². The highest BCUT2D eigenvalue weighted by Gasteiger charge is 2.18. The van der Waals surface area contributed by atoms with Crippen LogP contribution in [-0.4, -0.2) is 40.8 Å². The van der Waals surface area contributed by atoms with Crippen LogP contribution < -0.4 is 5.69 Å². The Morgan fingerprint density at radius 3 is 2.71 bits per heavy atom. The molecule has 24 heavy (non-hydrogen) atoms. The van der Waals surface area contributed by atoms with Crippen LogP contribution in [0.15, 0.2) is 45.9 Å². The van der Waals surface area contributed by atoms with Crippen molar-refractivity contribution in [1.29, 1.82) is 0 Å². The van der Waals surface area contributed by atoms with Gasteiger partial charge in [-0.05, 0) is 18.4 Å². The molecule has 0 bridgehead atoms. The summed E-state index contributed by atoms with van der Waals surface area (Å²) in [5, 5.41) is 16.0. The number of hydrogen-bond acceptors (Lipinski definition) is 8. The van der Waals surface area contributed by atoms with E-state index in [1.165, 1.54) is 27.2 Å². The number of benzene rings is 1. The minimum atomic E-state index is -0.323. The summed E-state index contributed by atoms with van der Waals surface area (Å²) in [6.07, 6.45) is 3.26. The van der Waals surface area contributed by atoms with E-state index in [9.17, 15) is 4.79 Å². The van der Waals surface area contributed by atoms with E-state index in [-0.39, 0.29) is 17.2 Å². The Labute approximate surface area is 139 Å². The predicted octanol–water partition coefficient (Wildman–Crippen LogP) is 1.32. The van der Waals surface area contributed by atoms with E-state index in [4.69, 9.17) is 4.42 Å². The van der Waals surface area contributed by atoms with E-state index in [2.05, 4.69) is 25.5 Å². The fourth-order valence-electron chi connectivity index (χ4n) is 2.21. The minimum absolute atomic E-state index is 0.188. The smallest absolute Gasteiger partial charge is 0.353 e. The number of imidazole rings is 1. The van der Waals surface area contributed by atoms with Gasteiger partial charge in [-0.25, -0.2) is 14.2 Å². The van der Waals surface area contributed by atoms with Crippen molar-refractivity contribution in [3.05, 3.63) is 47.1 Å². The molecule has 0 saturated carbocycles. The molecule has 0 aliphatic heterocycles. The second-order valence-electron chi connectivity index (χ2n) is 4.85. The van der Waals surface area contributed by atoms with E-state index < -0.39 is 0 Å². The van der Waals surface area contributed by atoms with Gasteiger partial charge in [-0.1, -0.05) is 23.4 Å². The summed E-state index contributed by atoms with van der Waals surface area (Å²) in [5.74, 6) is 0.969. The number of fused-ring (bicyclic) bond motifs is 1. The van der Waals surface area contributed by atoms with Crippen molar-refractivity contribution in [2.45, 2.75) is 5.88 Å². The Kier molecular flexibility index (Phi) is 3.58. The summed E-state index contributed by atoms with van der Waals surface area (Å²) in [4.78, 5) is 16.5. The van der Waals surface area contributed by atoms with E-state index in [1.54, 1.807) is 0 Å². The van der Waals surface area contributed by atoms with Crippen molar-refractivity contribution >= 4 is 17.4 Å². The van der Waals surface area contributed by atoms with Crippen LogP contribution in [-0.2, 0) is 5.88 Å². The fourth-order valence-corrected chi connectivity index (χ4v) is 2.61. The maximum atomic E-state index is 12.3. The van der Waals surface area contributed by atoms with Gasteiger partial charge >= 0.3 is 5.69 Å². The molecule has 4 aromatic rings. The van der Waals surface area contributed by atoms with Gasteiger partial charge in [0.2, 0.25) is 5.89 Å². The van der Waals surface area contributed by atoms with Crippen LogP contribution in [0, 0.1) is 0 Å². The van der Waals surface area contributed by atoms with Crippen LogP contribution in [0.3, 0.4) is 0 Å². The molecule has 0 fully saturated rings. The lowest BCUT2D eigenvalue weighted by atomic mass is 10.2. The number of rotatable bonds is 4. The van der Waals surface area contributed by atoms with Crippen molar-refractivity contribution in [2.75, 3.05) is 6.26 Å². The number of thioether (sulfide) groups is 1. The third-order valence-electron chi connectivity index (χ3n) is 3.32. The van der Waals surface area contributed by atoms with E-state index in [0.29, 0.717) is 17.5 Å². The van der Waals surface area contributed by atoms with Gasteiger partial charge in [0.25, 0.3) is 5.89 Å². The van der Waals surface area contributed by atoms with Gasteiger partial charge in [0.1, 0.15) is 6.33 Å². The first kappa shape index (κ1) is 14.6. The molecule has 120 valence electrons. The van der Waals surface area contributed by atoms with Gasteiger partial charge in [-0.3, -0.25) is 0 Å². The highest BCUT2D eigenvalue weighted by atomic mass is 32.2. The lowest BCUT2D eigenvalue weighted by Gasteiger charge is -2.00. The first-order chi connectivity index (χ1) is 11.8. The summed E-state index contributed by atoms with van der Waals surface area (Å²) >= 11 is 1.47. The second-order valence-corrected chi connectivity index (χ2v) is 5.69. The van der Waals surface area contributed by atoms with E-state index in [1.807, 2.05) is 36.6 Å². The largest absolute Gasteiger partial charge is 0.414 e. The van der Waals surface area contributed by atoms with Crippen molar-refractivity contribution in [2.24, 2.45) is 0 Å². The predicted molar refractivity (Wildman–Crippen MR) is 87.3 cm³/mol. The molecular formula is C14H11N7O2S. The van der Waals surface area contributed by atoms with E-state index in [0.717, 1.165) is 5.56 Å². The standard InChI is InChI=1S/C14H11N7O2S/c1-24-8-21-14(22)20-7-15-10(11(20)16-19-21)13-18-17-12(23-13)9-5-3-2-4-6-9/h2-7H,8H2,1H3. The van der Waals surface area contributed by atoms with E-state index >= 15 is 0 Å². The number of hydrogen-bond donors (Lipinski definition) is 0. The lowest BCUT2D eigenvalue weighted by molar-refractivity contribution is 0.581. The lowest BCUT2D eigenvalue weighted by Crippen LogP contribution is -2.28. The summed E-state index contributed by atoms with van der Waals surface area (Å²) in [6, 6.07) is 9.39. The zero-order valence-electron chi connectivity index (χ0n) is 12.5. The summed E-state index contributed by atoms with van der Waals surface area (Å²) in [7, 11) is 0. The van der Waals surface area contributed by atoms with Crippen molar-refractivity contribution < 1.29 is 4.42 Å². The molecule has 0 unspecified atom stereocenters. The van der Waals surface area contributed by atoms with Crippen LogP contribution in [0.2, 0.25) is 0 Å². The van der Waals surface area contributed by atoms with Crippen molar-refractivity contribution in [3.8, 4) is 23.0 Å². The first-order valence-electron chi connectivity index (χ1n) is 6.97. The number of nitrogens with zero attached hydrogens (tertiary/aromatic N) is 7. The van der Waals surface area contributed by atoms with Gasteiger partial charge in [0, 0.05) is 5.56 Å². The zero-order chi connectivity index (χ0) is 16.5. The van der Waals surface area contributed by atoms with Gasteiger partial charge in [0.15, 0.2) is 11.3 Å². The van der Waals surface area contributed by atoms with Gasteiger partial charge in [0.05, 0.1) is 5.88 Å². The maximum Gasteiger partial charge on any atom is 0.353 e. The molecule has 0 saturated heterocycles. The summed E-state index contributed by atoms with van der Waals surface area (Å²) in [6.45, 7) is 0. The Morgan fingerprint density at radius 2 is 1.92 bits per heavy atom. The highest BCUT2D eigenvalue weighted by molar-refractivity contribution is 7.97. The average Bonchev–Trinajstić information content (AvgIpc) is 3.25. The molecule has 0 aliphatic rings. The van der Waals surface area contributed by atoms with Gasteiger partial charge < -0.3 is 4.42 Å². The van der Waals surface area contributed by atoms with Crippen LogP contribution in [0.1, 0.15) is 0 Å². The monoisotopic (exact) mass is 341 g/mol. The zero-order valence-corrected chi connectivity index (χ0v) is 13.3.